The van der Waals surface area contributed by atoms with Crippen molar-refractivity contribution in [2.24, 2.45) is 0 Å². The van der Waals surface area contributed by atoms with Crippen LogP contribution in [0.1, 0.15) is 17.2 Å². The third-order valence-electron chi connectivity index (χ3n) is 3.67. The molecule has 3 aromatic rings. The van der Waals surface area contributed by atoms with E-state index in [-0.39, 0.29) is 6.04 Å². The Morgan fingerprint density at radius 1 is 1.00 bits per heavy atom. The first-order valence-corrected chi connectivity index (χ1v) is 8.57. The van der Waals surface area contributed by atoms with Crippen molar-refractivity contribution in [3.8, 4) is 0 Å². The van der Waals surface area contributed by atoms with Crippen LogP contribution in [-0.4, -0.2) is 20.2 Å². The molecule has 1 aliphatic rings. The Labute approximate surface area is 149 Å². The van der Waals surface area contributed by atoms with Crippen LogP contribution in [-0.2, 0) is 0 Å². The first kappa shape index (κ1) is 14.6. The van der Waals surface area contributed by atoms with Crippen molar-refractivity contribution in [1.82, 2.24) is 20.2 Å². The molecule has 1 N–H and O–H groups in total. The molecule has 1 aliphatic heterocycles. The number of hydrogen-bond acceptors (Lipinski definition) is 4. The molecular formula is C16H11Br2N5. The molecule has 0 aliphatic carbocycles. The van der Waals surface area contributed by atoms with E-state index >= 15 is 0 Å². The second-order valence-electron chi connectivity index (χ2n) is 5.16. The molecule has 7 heteroatoms. The predicted octanol–water partition coefficient (Wildman–Crippen LogP) is 4.25. The van der Waals surface area contributed by atoms with E-state index in [9.17, 15) is 0 Å². The van der Waals surface area contributed by atoms with Gasteiger partial charge in [0, 0.05) is 14.6 Å². The van der Waals surface area contributed by atoms with Crippen LogP contribution < -0.4 is 5.32 Å². The first-order chi connectivity index (χ1) is 11.2. The lowest BCUT2D eigenvalue weighted by atomic mass is 10.0. The van der Waals surface area contributed by atoms with Gasteiger partial charge in [-0.25, -0.2) is 0 Å². The summed E-state index contributed by atoms with van der Waals surface area (Å²) in [5.41, 5.74) is 3.19. The molecule has 1 atom stereocenters. The lowest BCUT2D eigenvalue weighted by molar-refractivity contribution is 0.586. The fourth-order valence-electron chi connectivity index (χ4n) is 2.58. The Hall–Kier alpha value is -1.99. The van der Waals surface area contributed by atoms with Crippen molar-refractivity contribution < 1.29 is 0 Å². The second-order valence-corrected chi connectivity index (χ2v) is 6.99. The summed E-state index contributed by atoms with van der Waals surface area (Å²) in [6.07, 6.45) is 2.13. The van der Waals surface area contributed by atoms with Gasteiger partial charge in [0.15, 0.2) is 0 Å². The van der Waals surface area contributed by atoms with Gasteiger partial charge in [-0.3, -0.25) is 0 Å². The molecule has 0 unspecified atom stereocenters. The molecule has 4 rings (SSSR count). The van der Waals surface area contributed by atoms with E-state index < -0.39 is 0 Å². The van der Waals surface area contributed by atoms with E-state index in [0.29, 0.717) is 5.95 Å². The molecule has 0 saturated carbocycles. The summed E-state index contributed by atoms with van der Waals surface area (Å²) in [7, 11) is 0. The minimum atomic E-state index is -0.0525. The van der Waals surface area contributed by atoms with E-state index in [1.54, 1.807) is 4.68 Å². The van der Waals surface area contributed by atoms with Gasteiger partial charge in [0.05, 0.1) is 0 Å². The maximum atomic E-state index is 4.11. The SMILES string of the molecule is Brc1ccc([C@H]2C=C(c3cccc(Br)c3)Nc3nnnn32)cc1. The van der Waals surface area contributed by atoms with Crippen LogP contribution >= 0.6 is 31.9 Å². The minimum absolute atomic E-state index is 0.0525. The van der Waals surface area contributed by atoms with Crippen LogP contribution in [0.2, 0.25) is 0 Å². The summed E-state index contributed by atoms with van der Waals surface area (Å²) >= 11 is 6.99. The van der Waals surface area contributed by atoms with E-state index in [2.05, 4.69) is 83.0 Å². The monoisotopic (exact) mass is 431 g/mol. The van der Waals surface area contributed by atoms with Gasteiger partial charge in [-0.15, -0.1) is 0 Å². The standard InChI is InChI=1S/C16H11Br2N5/c17-12-6-4-10(5-7-12)15-9-14(11-2-1-3-13(18)8-11)19-16-20-21-22-23(15)16/h1-9,15H,(H,19,20,22)/t15-/m1/s1. The predicted molar refractivity (Wildman–Crippen MR) is 95.8 cm³/mol. The number of hydrogen-bond donors (Lipinski definition) is 1. The van der Waals surface area contributed by atoms with Gasteiger partial charge in [-0.05, 0) is 51.9 Å². The highest BCUT2D eigenvalue weighted by molar-refractivity contribution is 9.10. The van der Waals surface area contributed by atoms with Crippen molar-refractivity contribution in [1.29, 1.82) is 0 Å². The molecule has 1 aromatic heterocycles. The van der Waals surface area contributed by atoms with Crippen LogP contribution in [0.4, 0.5) is 5.95 Å². The number of allylic oxidation sites excluding steroid dienone is 1. The zero-order chi connectivity index (χ0) is 15.8. The summed E-state index contributed by atoms with van der Waals surface area (Å²) in [4.78, 5) is 0. The van der Waals surface area contributed by atoms with Crippen molar-refractivity contribution >= 4 is 43.5 Å². The molecule has 0 radical (unpaired) electrons. The van der Waals surface area contributed by atoms with Gasteiger partial charge in [-0.1, -0.05) is 61.2 Å². The normalized spacial score (nSPS) is 16.4. The summed E-state index contributed by atoms with van der Waals surface area (Å²) in [5, 5.41) is 15.3. The average Bonchev–Trinajstić information content (AvgIpc) is 3.03. The number of halogens is 2. The highest BCUT2D eigenvalue weighted by Gasteiger charge is 2.24. The Morgan fingerprint density at radius 3 is 2.61 bits per heavy atom. The van der Waals surface area contributed by atoms with E-state index in [4.69, 9.17) is 0 Å². The van der Waals surface area contributed by atoms with E-state index in [1.165, 1.54) is 0 Å². The smallest absolute Gasteiger partial charge is 0.248 e. The quantitative estimate of drug-likeness (QED) is 0.657. The summed E-state index contributed by atoms with van der Waals surface area (Å²) in [5.74, 6) is 0.635. The molecule has 2 aromatic carbocycles. The van der Waals surface area contributed by atoms with Crippen LogP contribution in [0.3, 0.4) is 0 Å². The van der Waals surface area contributed by atoms with Crippen LogP contribution in [0.25, 0.3) is 5.70 Å². The molecule has 0 saturated heterocycles. The number of anilines is 1. The van der Waals surface area contributed by atoms with E-state index in [0.717, 1.165) is 25.8 Å². The number of aromatic nitrogens is 4. The van der Waals surface area contributed by atoms with Crippen LogP contribution in [0, 0.1) is 0 Å². The number of nitrogens with one attached hydrogen (secondary N) is 1. The van der Waals surface area contributed by atoms with Gasteiger partial charge in [0.2, 0.25) is 5.95 Å². The molecule has 2 heterocycles. The third kappa shape index (κ3) is 2.82. The molecule has 114 valence electrons. The molecule has 5 nitrogen and oxygen atoms in total. The zero-order valence-electron chi connectivity index (χ0n) is 11.8. The molecule has 0 bridgehead atoms. The number of benzene rings is 2. The highest BCUT2D eigenvalue weighted by Crippen LogP contribution is 2.32. The lowest BCUT2D eigenvalue weighted by Crippen LogP contribution is -2.20. The Balaban J connectivity index is 1.81. The summed E-state index contributed by atoms with van der Waals surface area (Å²) in [6, 6.07) is 16.3. The van der Waals surface area contributed by atoms with Crippen molar-refractivity contribution in [3.05, 3.63) is 74.7 Å². The van der Waals surface area contributed by atoms with Crippen molar-refractivity contribution in [2.75, 3.05) is 5.32 Å². The van der Waals surface area contributed by atoms with Crippen molar-refractivity contribution in [2.45, 2.75) is 6.04 Å². The van der Waals surface area contributed by atoms with Crippen molar-refractivity contribution in [3.63, 3.8) is 0 Å². The van der Waals surface area contributed by atoms with Gasteiger partial charge >= 0.3 is 0 Å². The van der Waals surface area contributed by atoms with Crippen LogP contribution in [0.5, 0.6) is 0 Å². The zero-order valence-corrected chi connectivity index (χ0v) is 15.0. The van der Waals surface area contributed by atoms with Gasteiger partial charge in [-0.2, -0.15) is 4.68 Å². The first-order valence-electron chi connectivity index (χ1n) is 6.99. The number of fused-ring (bicyclic) bond motifs is 1. The van der Waals surface area contributed by atoms with Gasteiger partial charge in [0.1, 0.15) is 6.04 Å². The lowest BCUT2D eigenvalue weighted by Gasteiger charge is -2.23. The molecule has 0 amide bonds. The summed E-state index contributed by atoms with van der Waals surface area (Å²) in [6.45, 7) is 0. The highest BCUT2D eigenvalue weighted by atomic mass is 79.9. The molecule has 0 spiro atoms. The third-order valence-corrected chi connectivity index (χ3v) is 4.70. The number of nitrogens with zero attached hydrogens (tertiary/aromatic N) is 4. The maximum absolute atomic E-state index is 4.11. The Bertz CT molecular complexity index is 885. The maximum Gasteiger partial charge on any atom is 0.248 e. The Kier molecular flexibility index (Phi) is 3.74. The largest absolute Gasteiger partial charge is 0.323 e. The fourth-order valence-corrected chi connectivity index (χ4v) is 3.24. The van der Waals surface area contributed by atoms with Gasteiger partial charge in [0.25, 0.3) is 0 Å². The molecular weight excluding hydrogens is 422 g/mol. The Morgan fingerprint density at radius 2 is 1.83 bits per heavy atom. The van der Waals surface area contributed by atoms with Crippen LogP contribution in [0.15, 0.2) is 63.6 Å². The summed E-state index contributed by atoms with van der Waals surface area (Å²) < 4.78 is 3.86. The molecule has 23 heavy (non-hydrogen) atoms. The number of rotatable bonds is 2. The van der Waals surface area contributed by atoms with Gasteiger partial charge < -0.3 is 5.32 Å². The topological polar surface area (TPSA) is 55.6 Å². The fraction of sp³-hybridized carbons (Fsp3) is 0.0625. The molecule has 0 fully saturated rings. The minimum Gasteiger partial charge on any atom is -0.323 e. The number of tetrazole rings is 1. The second kappa shape index (κ2) is 5.90. The van der Waals surface area contributed by atoms with E-state index in [1.807, 2.05) is 24.3 Å². The average molecular weight is 433 g/mol.